The van der Waals surface area contributed by atoms with Crippen molar-refractivity contribution in [1.29, 1.82) is 0 Å². The Morgan fingerprint density at radius 2 is 1.55 bits per heavy atom. The molecule has 20 heavy (non-hydrogen) atoms. The van der Waals surface area contributed by atoms with E-state index >= 15 is 0 Å². The summed E-state index contributed by atoms with van der Waals surface area (Å²) in [5.74, 6) is 0.915. The minimum Gasteiger partial charge on any atom is -0.497 e. The molecule has 2 bridgehead atoms. The molecular formula is C18H21NO. The summed E-state index contributed by atoms with van der Waals surface area (Å²) < 4.78 is 5.26. The van der Waals surface area contributed by atoms with Crippen LogP contribution in [0.3, 0.4) is 0 Å². The van der Waals surface area contributed by atoms with E-state index in [9.17, 15) is 0 Å². The first-order chi connectivity index (χ1) is 9.83. The largest absolute Gasteiger partial charge is 0.497 e. The van der Waals surface area contributed by atoms with Crippen LogP contribution < -0.4 is 9.64 Å². The Morgan fingerprint density at radius 3 is 2.10 bits per heavy atom. The fraction of sp³-hybridized carbons (Fsp3) is 0.333. The maximum absolute atomic E-state index is 5.26. The minimum atomic E-state index is 0.359. The highest BCUT2D eigenvalue weighted by Gasteiger charge is 2.26. The predicted octanol–water partition coefficient (Wildman–Crippen LogP) is 4.40. The molecule has 0 aliphatic carbocycles. The number of methoxy groups -OCH3 is 1. The van der Waals surface area contributed by atoms with Crippen LogP contribution >= 0.6 is 0 Å². The van der Waals surface area contributed by atoms with Crippen molar-refractivity contribution < 1.29 is 4.74 Å². The van der Waals surface area contributed by atoms with Gasteiger partial charge in [-0.05, 0) is 41.8 Å². The van der Waals surface area contributed by atoms with Crippen LogP contribution in [0.5, 0.6) is 5.75 Å². The van der Waals surface area contributed by atoms with E-state index in [0.29, 0.717) is 6.04 Å². The molecule has 2 aromatic rings. The predicted molar refractivity (Wildman–Crippen MR) is 83.5 cm³/mol. The summed E-state index contributed by atoms with van der Waals surface area (Å²) in [6.45, 7) is 3.36. The molecule has 0 saturated heterocycles. The second kappa shape index (κ2) is 5.58. The molecule has 2 aliphatic rings. The maximum Gasteiger partial charge on any atom is 0.118 e. The molecule has 2 aliphatic heterocycles. The molecule has 2 heterocycles. The van der Waals surface area contributed by atoms with Gasteiger partial charge in [-0.3, -0.25) is 0 Å². The molecule has 1 unspecified atom stereocenters. The first-order valence-electron chi connectivity index (χ1n) is 7.34. The van der Waals surface area contributed by atoms with Gasteiger partial charge in [-0.25, -0.2) is 0 Å². The van der Waals surface area contributed by atoms with E-state index in [1.807, 2.05) is 12.1 Å². The lowest BCUT2D eigenvalue weighted by atomic mass is 9.92. The van der Waals surface area contributed by atoms with E-state index in [4.69, 9.17) is 4.74 Å². The van der Waals surface area contributed by atoms with Gasteiger partial charge in [0.2, 0.25) is 0 Å². The number of unbranched alkanes of at least 4 members (excludes halogenated alkanes) is 1. The van der Waals surface area contributed by atoms with Gasteiger partial charge in [-0.15, -0.1) is 0 Å². The van der Waals surface area contributed by atoms with E-state index in [-0.39, 0.29) is 0 Å². The van der Waals surface area contributed by atoms with Gasteiger partial charge in [0.1, 0.15) is 5.75 Å². The van der Waals surface area contributed by atoms with Crippen LogP contribution in [-0.2, 0) is 0 Å². The summed E-state index contributed by atoms with van der Waals surface area (Å²) in [5, 5.41) is 0. The average molecular weight is 267 g/mol. The van der Waals surface area contributed by atoms with Crippen molar-refractivity contribution in [3.63, 3.8) is 0 Å². The van der Waals surface area contributed by atoms with E-state index < -0.39 is 0 Å². The Hall–Kier alpha value is -1.96. The van der Waals surface area contributed by atoms with Gasteiger partial charge in [0.15, 0.2) is 0 Å². The molecule has 0 spiro atoms. The molecule has 2 nitrogen and oxygen atoms in total. The molecule has 2 aromatic carbocycles. The number of hydrogen-bond acceptors (Lipinski definition) is 2. The summed E-state index contributed by atoms with van der Waals surface area (Å²) in [5.41, 5.74) is 4.04. The normalized spacial score (nSPS) is 16.5. The molecule has 2 heteroatoms. The number of benzene rings is 2. The highest BCUT2D eigenvalue weighted by atomic mass is 16.5. The third kappa shape index (κ3) is 2.26. The van der Waals surface area contributed by atoms with Crippen LogP contribution in [0.25, 0.3) is 0 Å². The minimum absolute atomic E-state index is 0.359. The molecule has 0 fully saturated rings. The highest BCUT2D eigenvalue weighted by Crippen LogP contribution is 2.38. The summed E-state index contributed by atoms with van der Waals surface area (Å²) in [6, 6.07) is 17.8. The summed E-state index contributed by atoms with van der Waals surface area (Å²) in [6.07, 6.45) is 2.45. The summed E-state index contributed by atoms with van der Waals surface area (Å²) >= 11 is 0. The number of hydrogen-bond donors (Lipinski definition) is 0. The topological polar surface area (TPSA) is 12.5 Å². The summed E-state index contributed by atoms with van der Waals surface area (Å²) in [4.78, 5) is 2.51. The Labute approximate surface area is 121 Å². The van der Waals surface area contributed by atoms with E-state index in [1.54, 1.807) is 7.11 Å². The maximum atomic E-state index is 5.26. The molecule has 1 atom stereocenters. The molecule has 4 rings (SSSR count). The molecular weight excluding hydrogens is 246 g/mol. The molecule has 104 valence electrons. The smallest absolute Gasteiger partial charge is 0.118 e. The van der Waals surface area contributed by atoms with E-state index in [1.165, 1.54) is 29.7 Å². The van der Waals surface area contributed by atoms with Gasteiger partial charge < -0.3 is 9.64 Å². The second-order valence-electron chi connectivity index (χ2n) is 5.31. The highest BCUT2D eigenvalue weighted by molar-refractivity contribution is 5.59. The number of ether oxygens (including phenoxy) is 1. The van der Waals surface area contributed by atoms with Crippen LogP contribution in [-0.4, -0.2) is 13.7 Å². The molecule has 0 saturated carbocycles. The lowest BCUT2D eigenvalue weighted by Crippen LogP contribution is -2.33. The zero-order valence-electron chi connectivity index (χ0n) is 12.2. The van der Waals surface area contributed by atoms with Crippen molar-refractivity contribution in [2.45, 2.75) is 25.8 Å². The Kier molecular flexibility index (Phi) is 3.64. The van der Waals surface area contributed by atoms with E-state index in [2.05, 4.69) is 48.2 Å². The van der Waals surface area contributed by atoms with Crippen LogP contribution in [0.1, 0.15) is 36.9 Å². The zero-order chi connectivity index (χ0) is 13.9. The molecule has 0 amide bonds. The lowest BCUT2D eigenvalue weighted by Gasteiger charge is -2.38. The first-order valence-corrected chi connectivity index (χ1v) is 7.34. The van der Waals surface area contributed by atoms with Crippen LogP contribution in [0.15, 0.2) is 48.5 Å². The van der Waals surface area contributed by atoms with Gasteiger partial charge in [-0.2, -0.15) is 0 Å². The van der Waals surface area contributed by atoms with Crippen molar-refractivity contribution in [2.24, 2.45) is 0 Å². The van der Waals surface area contributed by atoms with Gasteiger partial charge >= 0.3 is 0 Å². The van der Waals surface area contributed by atoms with Crippen molar-refractivity contribution in [3.8, 4) is 5.75 Å². The second-order valence-corrected chi connectivity index (χ2v) is 5.31. The number of anilines is 1. The number of fused-ring (bicyclic) bond motifs is 3. The van der Waals surface area contributed by atoms with Crippen molar-refractivity contribution >= 4 is 5.69 Å². The van der Waals surface area contributed by atoms with Crippen molar-refractivity contribution in [3.05, 3.63) is 59.7 Å². The Bertz CT molecular complexity index is 559. The van der Waals surface area contributed by atoms with Gasteiger partial charge in [-0.1, -0.05) is 37.6 Å². The van der Waals surface area contributed by atoms with Gasteiger partial charge in [0.25, 0.3) is 0 Å². The first kappa shape index (κ1) is 13.0. The van der Waals surface area contributed by atoms with Crippen LogP contribution in [0.2, 0.25) is 0 Å². The Balaban J connectivity index is 1.93. The standard InChI is InChI=1S/C18H21NO/c1-3-4-13-19-16-9-5-14(6-10-16)18(19)15-7-11-17(20-2)12-8-15/h5-12,18H,3-4,13H2,1-2H3. The zero-order valence-corrected chi connectivity index (χ0v) is 12.2. The van der Waals surface area contributed by atoms with Crippen molar-refractivity contribution in [1.82, 2.24) is 0 Å². The molecule has 0 aromatic heterocycles. The fourth-order valence-electron chi connectivity index (χ4n) is 2.92. The van der Waals surface area contributed by atoms with Crippen molar-refractivity contribution in [2.75, 3.05) is 18.6 Å². The number of rotatable bonds is 5. The summed E-state index contributed by atoms with van der Waals surface area (Å²) in [7, 11) is 1.71. The van der Waals surface area contributed by atoms with E-state index in [0.717, 1.165) is 12.3 Å². The average Bonchev–Trinajstić information content (AvgIpc) is 2.53. The molecule has 0 radical (unpaired) electrons. The lowest BCUT2D eigenvalue weighted by molar-refractivity contribution is 0.414. The molecule has 0 N–H and O–H groups in total. The third-order valence-electron chi connectivity index (χ3n) is 4.04. The quantitative estimate of drug-likeness (QED) is 0.796. The van der Waals surface area contributed by atoms with Crippen LogP contribution in [0.4, 0.5) is 5.69 Å². The van der Waals surface area contributed by atoms with Gasteiger partial charge in [0.05, 0.1) is 13.2 Å². The Morgan fingerprint density at radius 1 is 0.950 bits per heavy atom. The van der Waals surface area contributed by atoms with Crippen LogP contribution in [0, 0.1) is 0 Å². The SMILES string of the molecule is CCCCN1c2ccc(cc2)C1c1ccc(OC)cc1. The monoisotopic (exact) mass is 267 g/mol. The third-order valence-corrected chi connectivity index (χ3v) is 4.04. The van der Waals surface area contributed by atoms with Gasteiger partial charge in [0, 0.05) is 12.2 Å². The number of nitrogens with zero attached hydrogens (tertiary/aromatic N) is 1. The fourth-order valence-corrected chi connectivity index (χ4v) is 2.92.